The Hall–Kier alpha value is -1.96. The Morgan fingerprint density at radius 2 is 1.00 bits per heavy atom. The van der Waals surface area contributed by atoms with E-state index >= 15 is 0 Å². The van der Waals surface area contributed by atoms with E-state index in [1.54, 1.807) is 0 Å². The maximum Gasteiger partial charge on any atom is 0.119 e. The molecule has 0 atom stereocenters. The van der Waals surface area contributed by atoms with Crippen LogP contribution < -0.4 is 9.47 Å². The molecule has 0 amide bonds. The molecule has 0 saturated carbocycles. The van der Waals surface area contributed by atoms with Crippen LogP contribution in [0.1, 0.15) is 49.7 Å². The lowest BCUT2D eigenvalue weighted by molar-refractivity contribution is 0.297. The molecule has 2 aromatic rings. The Kier molecular flexibility index (Phi) is 8.23. The van der Waals surface area contributed by atoms with E-state index in [0.717, 1.165) is 37.6 Å². The van der Waals surface area contributed by atoms with Crippen molar-refractivity contribution < 1.29 is 9.47 Å². The van der Waals surface area contributed by atoms with E-state index in [9.17, 15) is 0 Å². The van der Waals surface area contributed by atoms with E-state index in [-0.39, 0.29) is 0 Å². The smallest absolute Gasteiger partial charge is 0.119 e. The highest BCUT2D eigenvalue weighted by atomic mass is 16.5. The number of rotatable bonds is 11. The van der Waals surface area contributed by atoms with Crippen molar-refractivity contribution in [1.29, 1.82) is 0 Å². The molecule has 0 heterocycles. The summed E-state index contributed by atoms with van der Waals surface area (Å²) in [5.41, 5.74) is 2.50. The van der Waals surface area contributed by atoms with Gasteiger partial charge in [-0.15, -0.1) is 0 Å². The Morgan fingerprint density at radius 1 is 0.583 bits per heavy atom. The van der Waals surface area contributed by atoms with Crippen LogP contribution in [0.3, 0.4) is 0 Å². The van der Waals surface area contributed by atoms with Crippen LogP contribution in [0, 0.1) is 13.8 Å². The van der Waals surface area contributed by atoms with Crippen LogP contribution in [-0.4, -0.2) is 13.2 Å². The molecule has 2 aromatic carbocycles. The van der Waals surface area contributed by atoms with Crippen LogP contribution in [0.2, 0.25) is 0 Å². The van der Waals surface area contributed by atoms with Crippen molar-refractivity contribution in [2.45, 2.75) is 52.4 Å². The molecule has 0 N–H and O–H groups in total. The van der Waals surface area contributed by atoms with E-state index in [0.29, 0.717) is 0 Å². The number of aryl methyl sites for hydroxylation is 2. The van der Waals surface area contributed by atoms with Gasteiger partial charge in [-0.2, -0.15) is 0 Å². The van der Waals surface area contributed by atoms with Gasteiger partial charge in [0.05, 0.1) is 13.2 Å². The summed E-state index contributed by atoms with van der Waals surface area (Å²) in [6.07, 6.45) is 7.31. The van der Waals surface area contributed by atoms with Crippen molar-refractivity contribution in [3.05, 3.63) is 59.7 Å². The second-order valence-electron chi connectivity index (χ2n) is 6.45. The molecule has 0 unspecified atom stereocenters. The fourth-order valence-electron chi connectivity index (χ4n) is 2.70. The van der Waals surface area contributed by atoms with Crippen molar-refractivity contribution in [1.82, 2.24) is 0 Å². The predicted molar refractivity (Wildman–Crippen MR) is 101 cm³/mol. The van der Waals surface area contributed by atoms with Crippen molar-refractivity contribution in [3.63, 3.8) is 0 Å². The molecule has 0 radical (unpaired) electrons. The quantitative estimate of drug-likeness (QED) is 0.464. The summed E-state index contributed by atoms with van der Waals surface area (Å²) >= 11 is 0. The summed E-state index contributed by atoms with van der Waals surface area (Å²) in [5.74, 6) is 1.98. The topological polar surface area (TPSA) is 18.5 Å². The molecule has 24 heavy (non-hydrogen) atoms. The monoisotopic (exact) mass is 326 g/mol. The summed E-state index contributed by atoms with van der Waals surface area (Å²) < 4.78 is 11.5. The minimum atomic E-state index is 0.819. The van der Waals surface area contributed by atoms with Gasteiger partial charge in [-0.25, -0.2) is 0 Å². The molecule has 0 aromatic heterocycles. The number of hydrogen-bond acceptors (Lipinski definition) is 2. The third-order valence-corrected chi connectivity index (χ3v) is 4.06. The van der Waals surface area contributed by atoms with E-state index in [2.05, 4.69) is 38.1 Å². The molecule has 0 bridgehead atoms. The molecule has 0 spiro atoms. The predicted octanol–water partition coefficient (Wildman–Crippen LogP) is 6.10. The minimum Gasteiger partial charge on any atom is -0.494 e. The van der Waals surface area contributed by atoms with E-state index in [4.69, 9.17) is 9.47 Å². The lowest BCUT2D eigenvalue weighted by atomic mass is 10.1. The number of benzene rings is 2. The first-order valence-electron chi connectivity index (χ1n) is 9.13. The number of unbranched alkanes of at least 4 members (excludes halogenated alkanes) is 5. The van der Waals surface area contributed by atoms with Gasteiger partial charge in [-0.3, -0.25) is 0 Å². The first-order chi connectivity index (χ1) is 11.7. The second-order valence-corrected chi connectivity index (χ2v) is 6.45. The number of hydrogen-bond donors (Lipinski definition) is 0. The fraction of sp³-hybridized carbons (Fsp3) is 0.455. The van der Waals surface area contributed by atoms with Crippen LogP contribution >= 0.6 is 0 Å². The highest BCUT2D eigenvalue weighted by molar-refractivity contribution is 5.28. The Bertz CT molecular complexity index is 539. The average Bonchev–Trinajstić information content (AvgIpc) is 2.57. The van der Waals surface area contributed by atoms with Gasteiger partial charge in [0.15, 0.2) is 0 Å². The zero-order valence-electron chi connectivity index (χ0n) is 15.1. The van der Waals surface area contributed by atoms with Crippen molar-refractivity contribution in [2.24, 2.45) is 0 Å². The molecule has 0 saturated heterocycles. The molecule has 0 aliphatic rings. The lowest BCUT2D eigenvalue weighted by Gasteiger charge is -2.08. The van der Waals surface area contributed by atoms with Gasteiger partial charge < -0.3 is 9.47 Å². The molecule has 0 aliphatic heterocycles. The lowest BCUT2D eigenvalue weighted by Crippen LogP contribution is -1.98. The molecule has 130 valence electrons. The maximum atomic E-state index is 5.77. The van der Waals surface area contributed by atoms with Crippen LogP contribution in [0.5, 0.6) is 11.5 Å². The third-order valence-electron chi connectivity index (χ3n) is 4.06. The molecule has 0 fully saturated rings. The summed E-state index contributed by atoms with van der Waals surface area (Å²) in [6, 6.07) is 16.5. The average molecular weight is 326 g/mol. The molecule has 2 heteroatoms. The zero-order valence-corrected chi connectivity index (χ0v) is 15.1. The SMILES string of the molecule is Cc1cccc(OCCCCCCCCOc2cccc(C)c2)c1. The van der Waals surface area contributed by atoms with E-state index in [1.165, 1.54) is 36.8 Å². The van der Waals surface area contributed by atoms with E-state index < -0.39 is 0 Å². The molecular weight excluding hydrogens is 296 g/mol. The summed E-state index contributed by atoms with van der Waals surface area (Å²) in [7, 11) is 0. The van der Waals surface area contributed by atoms with Crippen molar-refractivity contribution in [3.8, 4) is 11.5 Å². The highest BCUT2D eigenvalue weighted by Gasteiger charge is 1.97. The standard InChI is InChI=1S/C22H30O2/c1-19-11-9-13-21(17-19)23-15-7-5-3-4-6-8-16-24-22-14-10-12-20(2)18-22/h9-14,17-18H,3-8,15-16H2,1-2H3. The third kappa shape index (κ3) is 7.54. The van der Waals surface area contributed by atoms with Gasteiger partial charge in [0.2, 0.25) is 0 Å². The Labute approximate surface area is 146 Å². The molecule has 2 rings (SSSR count). The zero-order chi connectivity index (χ0) is 17.0. The van der Waals surface area contributed by atoms with Gasteiger partial charge in [0, 0.05) is 0 Å². The Balaban J connectivity index is 1.42. The van der Waals surface area contributed by atoms with E-state index in [1.807, 2.05) is 24.3 Å². The van der Waals surface area contributed by atoms with Gasteiger partial charge in [0.1, 0.15) is 11.5 Å². The van der Waals surface area contributed by atoms with Gasteiger partial charge in [-0.1, -0.05) is 49.9 Å². The van der Waals surface area contributed by atoms with Crippen LogP contribution in [-0.2, 0) is 0 Å². The summed E-state index contributed by atoms with van der Waals surface area (Å²) in [4.78, 5) is 0. The molecule has 0 aliphatic carbocycles. The second kappa shape index (κ2) is 10.7. The van der Waals surface area contributed by atoms with Gasteiger partial charge in [-0.05, 0) is 62.1 Å². The first-order valence-corrected chi connectivity index (χ1v) is 9.13. The fourth-order valence-corrected chi connectivity index (χ4v) is 2.70. The minimum absolute atomic E-state index is 0.819. The van der Waals surface area contributed by atoms with Crippen LogP contribution in [0.4, 0.5) is 0 Å². The van der Waals surface area contributed by atoms with Crippen molar-refractivity contribution >= 4 is 0 Å². The largest absolute Gasteiger partial charge is 0.494 e. The molecular formula is C22H30O2. The highest BCUT2D eigenvalue weighted by Crippen LogP contribution is 2.15. The molecule has 2 nitrogen and oxygen atoms in total. The number of ether oxygens (including phenoxy) is 2. The maximum absolute atomic E-state index is 5.77. The summed E-state index contributed by atoms with van der Waals surface area (Å²) in [5, 5.41) is 0. The first kappa shape index (κ1) is 18.4. The van der Waals surface area contributed by atoms with Crippen LogP contribution in [0.25, 0.3) is 0 Å². The Morgan fingerprint density at radius 3 is 1.42 bits per heavy atom. The van der Waals surface area contributed by atoms with Crippen molar-refractivity contribution in [2.75, 3.05) is 13.2 Å². The van der Waals surface area contributed by atoms with Crippen LogP contribution in [0.15, 0.2) is 48.5 Å². The van der Waals surface area contributed by atoms with Gasteiger partial charge in [0.25, 0.3) is 0 Å². The van der Waals surface area contributed by atoms with Gasteiger partial charge >= 0.3 is 0 Å². The summed E-state index contributed by atoms with van der Waals surface area (Å²) in [6.45, 7) is 5.82. The normalized spacial score (nSPS) is 10.6.